The Morgan fingerprint density at radius 3 is 0.886 bits per heavy atom. The molecule has 0 spiro atoms. The van der Waals surface area contributed by atoms with Crippen LogP contribution >= 0.6 is 0 Å². The minimum absolute atomic E-state index is 0. The average molecular weight is 1180 g/mol. The van der Waals surface area contributed by atoms with Crippen LogP contribution in [0.15, 0.2) is 58.5 Å². The van der Waals surface area contributed by atoms with E-state index in [1.807, 2.05) is 0 Å². The number of aryl methyl sites for hydroxylation is 2. The summed E-state index contributed by atoms with van der Waals surface area (Å²) in [6, 6.07) is 17.5. The molecule has 0 unspecified atom stereocenters. The summed E-state index contributed by atoms with van der Waals surface area (Å²) < 4.78 is 0. The van der Waals surface area contributed by atoms with E-state index < -0.39 is 0 Å². The largest absolute Gasteiger partial charge is 0.255 e. The van der Waals surface area contributed by atoms with E-state index in [1.165, 1.54) is 300 Å². The molecule has 3 heteroatoms. The number of nitrogens with zero attached hydrogens (tertiary/aromatic N) is 2. The number of hydrogen-bond acceptors (Lipinski definition) is 2. The molecule has 0 fully saturated rings. The molecule has 0 heterocycles. The summed E-state index contributed by atoms with van der Waals surface area (Å²) in [7, 11) is 0. The van der Waals surface area contributed by atoms with Gasteiger partial charge in [-0.25, -0.2) is 0 Å². The van der Waals surface area contributed by atoms with Crippen LogP contribution in [0, 0.1) is 23.7 Å². The molecule has 0 saturated heterocycles. The van der Waals surface area contributed by atoms with Crippen molar-refractivity contribution >= 4 is 23.3 Å². The van der Waals surface area contributed by atoms with E-state index in [9.17, 15) is 0 Å². The first-order valence-corrected chi connectivity index (χ1v) is 35.0. The third-order valence-corrected chi connectivity index (χ3v) is 16.4. The Labute approximate surface area is 507 Å². The fourth-order valence-corrected chi connectivity index (χ4v) is 11.2. The molecule has 79 heavy (non-hydrogen) atoms. The average Bonchev–Trinajstić information content (AvgIpc) is 3.46. The van der Waals surface area contributed by atoms with Crippen LogP contribution < -0.4 is 0 Å². The molecular weight excluding hydrogens is 1050 g/mol. The van der Waals surface area contributed by atoms with Crippen molar-refractivity contribution in [3.8, 4) is 23.7 Å². The zero-order chi connectivity index (χ0) is 55.4. The molecule has 0 aliphatic carbocycles. The molecule has 452 valence electrons. The fraction of sp³-hybridized carbons (Fsp3) is 0.763. The van der Waals surface area contributed by atoms with E-state index in [4.69, 9.17) is 9.98 Å². The molecule has 0 bridgehead atoms. The topological polar surface area (TPSA) is 24.7 Å². The Hall–Kier alpha value is -2.44. The van der Waals surface area contributed by atoms with Gasteiger partial charge in [-0.05, 0) is 74.6 Å². The maximum absolute atomic E-state index is 5.29. The van der Waals surface area contributed by atoms with Crippen LogP contribution in [0.3, 0.4) is 0 Å². The number of aliphatic imine (C=N–C) groups is 2. The van der Waals surface area contributed by atoms with E-state index in [0.29, 0.717) is 0 Å². The smallest absolute Gasteiger partial charge is 0.0665 e. The molecule has 2 aromatic rings. The van der Waals surface area contributed by atoms with Crippen LogP contribution in [0.1, 0.15) is 372 Å². The van der Waals surface area contributed by atoms with E-state index in [0.717, 1.165) is 81.3 Å². The molecule has 0 saturated carbocycles. The number of benzene rings is 2. The maximum atomic E-state index is 5.29. The van der Waals surface area contributed by atoms with E-state index in [-0.39, 0.29) is 20.4 Å². The molecule has 0 amide bonds. The van der Waals surface area contributed by atoms with Gasteiger partial charge >= 0.3 is 0 Å². The second-order valence-electron chi connectivity index (χ2n) is 24.0. The van der Waals surface area contributed by atoms with Crippen LogP contribution in [0.4, 0.5) is 11.4 Å². The normalized spacial score (nSPS) is 11.5. The quantitative estimate of drug-likeness (QED) is 0.0273. The standard InChI is InChI=1S/C76H128N2.Pd/c1-4-7-10-13-15-17-19-21-23-25-27-29-31-33-35-37-39-41-43-45-47-49-51-53-55-57-64-72-66-60-62-69-75(72)77-71-74(68-59-12-9-6-3)78-76-70-63-61-67-73(76)65-58-56-54-52-50-48-46-44-42-40-38-36-34-32-30-28-26-24-22-20-18-16-14-11-8-5-2;/h60-63,66-67,69-71H,4-50,55-59,64-65,68H2,1-3H3;/b77-71-,78-74+;. The van der Waals surface area contributed by atoms with Crippen molar-refractivity contribution in [1.82, 2.24) is 0 Å². The Kier molecular flexibility index (Phi) is 58.2. The Bertz CT molecular complexity index is 1770. The molecule has 0 radical (unpaired) electrons. The van der Waals surface area contributed by atoms with Crippen LogP contribution in [0.25, 0.3) is 0 Å². The van der Waals surface area contributed by atoms with E-state index in [2.05, 4.69) is 99.2 Å². The van der Waals surface area contributed by atoms with Crippen LogP contribution in [0.5, 0.6) is 0 Å². The molecular formula is C76H128N2Pd. The van der Waals surface area contributed by atoms with Gasteiger partial charge in [0.05, 0.1) is 17.1 Å². The number of rotatable bonds is 56. The fourth-order valence-electron chi connectivity index (χ4n) is 11.2. The Morgan fingerprint density at radius 2 is 0.557 bits per heavy atom. The first-order valence-electron chi connectivity index (χ1n) is 35.0. The summed E-state index contributed by atoms with van der Waals surface area (Å²) >= 11 is 0. The molecule has 0 N–H and O–H groups in total. The summed E-state index contributed by atoms with van der Waals surface area (Å²) in [6.45, 7) is 6.90. The van der Waals surface area contributed by atoms with Gasteiger partial charge in [0.25, 0.3) is 0 Å². The molecule has 2 rings (SSSR count). The van der Waals surface area contributed by atoms with Gasteiger partial charge < -0.3 is 0 Å². The molecule has 2 nitrogen and oxygen atoms in total. The number of hydrogen-bond donors (Lipinski definition) is 0. The number of unbranched alkanes of at least 4 members (excludes halogenated alkanes) is 47. The second kappa shape index (κ2) is 61.6. The molecule has 0 aliphatic rings. The molecule has 0 aliphatic heterocycles. The predicted molar refractivity (Wildman–Crippen MR) is 353 cm³/mol. The van der Waals surface area contributed by atoms with Crippen LogP contribution in [-0.4, -0.2) is 11.9 Å². The van der Waals surface area contributed by atoms with Gasteiger partial charge in [-0.2, -0.15) is 0 Å². The second-order valence-corrected chi connectivity index (χ2v) is 24.0. The van der Waals surface area contributed by atoms with E-state index in [1.54, 1.807) is 0 Å². The third kappa shape index (κ3) is 49.9. The van der Waals surface area contributed by atoms with Crippen molar-refractivity contribution in [2.24, 2.45) is 9.98 Å². The van der Waals surface area contributed by atoms with Gasteiger partial charge in [-0.3, -0.25) is 9.98 Å². The van der Waals surface area contributed by atoms with Gasteiger partial charge in [-0.1, -0.05) is 333 Å². The van der Waals surface area contributed by atoms with Crippen molar-refractivity contribution < 1.29 is 20.4 Å². The number of para-hydroxylation sites is 2. The molecule has 0 atom stereocenters. The minimum atomic E-state index is 0. The summed E-state index contributed by atoms with van der Waals surface area (Å²) in [5, 5.41) is 0. The summed E-state index contributed by atoms with van der Waals surface area (Å²) in [5.74, 6) is 14.0. The SMILES string of the molecule is CCCCCCCCCCCCCCCCCCCCCCCC#CCCCc1ccccc1/N=C\C(CCCCCC)=N\c1ccccc1CCCC#CCCCCCCCCCCCCCCCCCCCCCCC.[Pd]. The van der Waals surface area contributed by atoms with Gasteiger partial charge in [0.15, 0.2) is 0 Å². The van der Waals surface area contributed by atoms with Crippen molar-refractivity contribution in [1.29, 1.82) is 0 Å². The van der Waals surface area contributed by atoms with Crippen LogP contribution in [0.2, 0.25) is 0 Å². The van der Waals surface area contributed by atoms with Gasteiger partial charge in [0, 0.05) is 52.3 Å². The van der Waals surface area contributed by atoms with E-state index >= 15 is 0 Å². The summed E-state index contributed by atoms with van der Waals surface area (Å²) in [6.07, 6.45) is 76.2. The Balaban J connectivity index is 0.0000312. The first kappa shape index (κ1) is 74.6. The van der Waals surface area contributed by atoms with Crippen molar-refractivity contribution in [3.05, 3.63) is 59.7 Å². The zero-order valence-electron chi connectivity index (χ0n) is 52.8. The van der Waals surface area contributed by atoms with Gasteiger partial charge in [0.1, 0.15) is 0 Å². The van der Waals surface area contributed by atoms with Gasteiger partial charge in [-0.15, -0.1) is 23.7 Å². The van der Waals surface area contributed by atoms with Crippen molar-refractivity contribution in [2.75, 3.05) is 0 Å². The minimum Gasteiger partial charge on any atom is -0.255 e. The Morgan fingerprint density at radius 1 is 0.304 bits per heavy atom. The molecule has 2 aromatic carbocycles. The monoisotopic (exact) mass is 1170 g/mol. The predicted octanol–water partition coefficient (Wildman–Crippen LogP) is 26.0. The van der Waals surface area contributed by atoms with Crippen molar-refractivity contribution in [3.63, 3.8) is 0 Å². The zero-order valence-corrected chi connectivity index (χ0v) is 54.4. The summed E-state index contributed by atoms with van der Waals surface area (Å²) in [5.41, 5.74) is 5.89. The molecule has 0 aromatic heterocycles. The van der Waals surface area contributed by atoms with Crippen molar-refractivity contribution in [2.45, 2.75) is 374 Å². The third-order valence-electron chi connectivity index (χ3n) is 16.4. The maximum Gasteiger partial charge on any atom is 0.0665 e. The first-order chi connectivity index (χ1) is 38.8. The summed E-state index contributed by atoms with van der Waals surface area (Å²) in [4.78, 5) is 10.4. The van der Waals surface area contributed by atoms with Crippen LogP contribution in [-0.2, 0) is 33.3 Å². The van der Waals surface area contributed by atoms with Gasteiger partial charge in [0.2, 0.25) is 0 Å².